The second-order valence-electron chi connectivity index (χ2n) is 2.70. The predicted octanol–water partition coefficient (Wildman–Crippen LogP) is 0.924. The highest BCUT2D eigenvalue weighted by atomic mass is 14.9. The Morgan fingerprint density at radius 1 is 1.38 bits per heavy atom. The van der Waals surface area contributed by atoms with Gasteiger partial charge in [0.05, 0.1) is 0 Å². The molecule has 1 unspecified atom stereocenters. The molecule has 1 fully saturated rings. The molecule has 0 radical (unpaired) electrons. The summed E-state index contributed by atoms with van der Waals surface area (Å²) in [6.45, 7) is 1.10. The minimum atomic E-state index is 0.745. The Hall–Kier alpha value is -0.300. The molecule has 0 bridgehead atoms. The Balaban J connectivity index is 1.95. The van der Waals surface area contributed by atoms with Gasteiger partial charge >= 0.3 is 0 Å². The Labute approximate surface area is 49.8 Å². The van der Waals surface area contributed by atoms with E-state index < -0.39 is 0 Å². The van der Waals surface area contributed by atoms with Crippen LogP contribution in [0.1, 0.15) is 12.8 Å². The molecule has 1 nitrogen and oxygen atoms in total. The maximum atomic E-state index is 3.41. The van der Waals surface area contributed by atoms with Crippen molar-refractivity contribution in [1.29, 1.82) is 0 Å². The van der Waals surface area contributed by atoms with Crippen LogP contribution in [0, 0.1) is 5.92 Å². The number of rotatable bonds is 1. The van der Waals surface area contributed by atoms with Crippen LogP contribution in [-0.2, 0) is 0 Å². The van der Waals surface area contributed by atoms with E-state index in [4.69, 9.17) is 0 Å². The molecule has 1 heteroatoms. The lowest BCUT2D eigenvalue weighted by Gasteiger charge is -2.03. The average Bonchev–Trinajstić information content (AvgIpc) is 2.49. The third kappa shape index (κ3) is 0.671. The second-order valence-corrected chi connectivity index (χ2v) is 2.70. The van der Waals surface area contributed by atoms with Crippen molar-refractivity contribution in [3.05, 3.63) is 12.2 Å². The van der Waals surface area contributed by atoms with Crippen LogP contribution in [0.15, 0.2) is 12.2 Å². The van der Waals surface area contributed by atoms with Crippen molar-refractivity contribution in [2.75, 3.05) is 6.54 Å². The quantitative estimate of drug-likeness (QED) is 0.494. The fraction of sp³-hybridized carbons (Fsp3) is 0.714. The normalized spacial score (nSPS) is 36.2. The van der Waals surface area contributed by atoms with Crippen molar-refractivity contribution >= 4 is 0 Å². The summed E-state index contributed by atoms with van der Waals surface area (Å²) in [5.74, 6) is 0.994. The van der Waals surface area contributed by atoms with E-state index in [0.717, 1.165) is 18.5 Å². The van der Waals surface area contributed by atoms with Gasteiger partial charge in [-0.15, -0.1) is 0 Å². The molecule has 0 spiro atoms. The van der Waals surface area contributed by atoms with Crippen LogP contribution in [0.2, 0.25) is 0 Å². The maximum absolute atomic E-state index is 3.41. The summed E-state index contributed by atoms with van der Waals surface area (Å²) < 4.78 is 0. The zero-order valence-electron chi connectivity index (χ0n) is 4.93. The second kappa shape index (κ2) is 1.59. The Morgan fingerprint density at radius 2 is 2.25 bits per heavy atom. The molecule has 1 atom stereocenters. The Kier molecular flexibility index (Phi) is 0.908. The van der Waals surface area contributed by atoms with Crippen molar-refractivity contribution in [2.24, 2.45) is 5.92 Å². The molecule has 0 aromatic carbocycles. The monoisotopic (exact) mass is 109 g/mol. The van der Waals surface area contributed by atoms with Crippen molar-refractivity contribution in [3.63, 3.8) is 0 Å². The summed E-state index contributed by atoms with van der Waals surface area (Å²) in [7, 11) is 0. The minimum absolute atomic E-state index is 0.745. The Morgan fingerprint density at radius 3 is 2.75 bits per heavy atom. The number of hydrogen-bond donors (Lipinski definition) is 1. The first-order chi connectivity index (χ1) is 3.97. The van der Waals surface area contributed by atoms with E-state index >= 15 is 0 Å². The standard InChI is InChI=1S/C7H11N/c1-2-7(8-5-1)6-3-4-6/h1-2,6-8H,3-5H2. The summed E-state index contributed by atoms with van der Waals surface area (Å²) in [6.07, 6.45) is 7.42. The molecule has 1 N–H and O–H groups in total. The van der Waals surface area contributed by atoms with Crippen molar-refractivity contribution in [2.45, 2.75) is 18.9 Å². The third-order valence-electron chi connectivity index (χ3n) is 1.94. The Bertz CT molecular complexity index is 114. The SMILES string of the molecule is C1=CC(C2CC2)NC1. The summed E-state index contributed by atoms with van der Waals surface area (Å²) in [6, 6.07) is 0.745. The summed E-state index contributed by atoms with van der Waals surface area (Å²) >= 11 is 0. The van der Waals surface area contributed by atoms with Crippen LogP contribution < -0.4 is 5.32 Å². The fourth-order valence-corrected chi connectivity index (χ4v) is 1.27. The molecule has 1 aliphatic heterocycles. The molecule has 8 heavy (non-hydrogen) atoms. The molecule has 0 aromatic rings. The molecular formula is C7H11N. The number of hydrogen-bond acceptors (Lipinski definition) is 1. The van der Waals surface area contributed by atoms with Crippen molar-refractivity contribution in [3.8, 4) is 0 Å². The van der Waals surface area contributed by atoms with E-state index in [1.165, 1.54) is 12.8 Å². The first-order valence-electron chi connectivity index (χ1n) is 3.37. The molecule has 1 aliphatic carbocycles. The number of nitrogens with one attached hydrogen (secondary N) is 1. The van der Waals surface area contributed by atoms with Crippen LogP contribution in [0.3, 0.4) is 0 Å². The van der Waals surface area contributed by atoms with E-state index in [2.05, 4.69) is 17.5 Å². The average molecular weight is 109 g/mol. The zero-order chi connectivity index (χ0) is 5.40. The van der Waals surface area contributed by atoms with Gasteiger partial charge in [0.25, 0.3) is 0 Å². The van der Waals surface area contributed by atoms with Gasteiger partial charge in [-0.2, -0.15) is 0 Å². The lowest BCUT2D eigenvalue weighted by molar-refractivity contribution is 0.600. The van der Waals surface area contributed by atoms with Crippen molar-refractivity contribution < 1.29 is 0 Å². The van der Waals surface area contributed by atoms with Crippen LogP contribution in [0.5, 0.6) is 0 Å². The largest absolute Gasteiger partial charge is 0.307 e. The minimum Gasteiger partial charge on any atom is -0.307 e. The predicted molar refractivity (Wildman–Crippen MR) is 33.7 cm³/mol. The molecule has 2 aliphatic rings. The van der Waals surface area contributed by atoms with Crippen LogP contribution >= 0.6 is 0 Å². The maximum Gasteiger partial charge on any atom is 0.0281 e. The first-order valence-corrected chi connectivity index (χ1v) is 3.37. The van der Waals surface area contributed by atoms with E-state index in [1.807, 2.05) is 0 Å². The molecule has 1 saturated carbocycles. The lowest BCUT2D eigenvalue weighted by atomic mass is 10.2. The summed E-state index contributed by atoms with van der Waals surface area (Å²) in [5, 5.41) is 3.41. The fourth-order valence-electron chi connectivity index (χ4n) is 1.27. The molecule has 0 saturated heterocycles. The van der Waals surface area contributed by atoms with Gasteiger partial charge in [-0.25, -0.2) is 0 Å². The van der Waals surface area contributed by atoms with Gasteiger partial charge in [-0.3, -0.25) is 0 Å². The zero-order valence-corrected chi connectivity index (χ0v) is 4.93. The summed E-state index contributed by atoms with van der Waals surface area (Å²) in [5.41, 5.74) is 0. The molecular weight excluding hydrogens is 98.1 g/mol. The molecule has 0 amide bonds. The van der Waals surface area contributed by atoms with Crippen LogP contribution in [0.25, 0.3) is 0 Å². The van der Waals surface area contributed by atoms with Gasteiger partial charge in [-0.05, 0) is 18.8 Å². The molecule has 44 valence electrons. The smallest absolute Gasteiger partial charge is 0.0281 e. The highest BCUT2D eigenvalue weighted by Gasteiger charge is 2.29. The molecule has 2 rings (SSSR count). The van der Waals surface area contributed by atoms with E-state index in [1.54, 1.807) is 0 Å². The molecule has 0 aromatic heterocycles. The topological polar surface area (TPSA) is 12.0 Å². The van der Waals surface area contributed by atoms with E-state index in [0.29, 0.717) is 0 Å². The first kappa shape index (κ1) is 4.57. The van der Waals surface area contributed by atoms with E-state index in [9.17, 15) is 0 Å². The lowest BCUT2D eigenvalue weighted by Crippen LogP contribution is -2.23. The highest BCUT2D eigenvalue weighted by Crippen LogP contribution is 2.33. The van der Waals surface area contributed by atoms with Gasteiger partial charge < -0.3 is 5.32 Å². The third-order valence-corrected chi connectivity index (χ3v) is 1.94. The van der Waals surface area contributed by atoms with Gasteiger partial charge in [-0.1, -0.05) is 12.2 Å². The van der Waals surface area contributed by atoms with Crippen LogP contribution in [-0.4, -0.2) is 12.6 Å². The molecule has 1 heterocycles. The van der Waals surface area contributed by atoms with Gasteiger partial charge in [0.15, 0.2) is 0 Å². The van der Waals surface area contributed by atoms with Gasteiger partial charge in [0.2, 0.25) is 0 Å². The summed E-state index contributed by atoms with van der Waals surface area (Å²) in [4.78, 5) is 0. The highest BCUT2D eigenvalue weighted by molar-refractivity contribution is 5.07. The van der Waals surface area contributed by atoms with E-state index in [-0.39, 0.29) is 0 Å². The van der Waals surface area contributed by atoms with Gasteiger partial charge in [0, 0.05) is 12.6 Å². The van der Waals surface area contributed by atoms with Gasteiger partial charge in [0.1, 0.15) is 0 Å². The van der Waals surface area contributed by atoms with Crippen LogP contribution in [0.4, 0.5) is 0 Å². The van der Waals surface area contributed by atoms with Crippen molar-refractivity contribution in [1.82, 2.24) is 5.32 Å².